The zero-order chi connectivity index (χ0) is 15.2. The number of amidine groups is 1. The van der Waals surface area contributed by atoms with Crippen LogP contribution in [0.4, 0.5) is 4.39 Å². The largest absolute Gasteiger partial charge is 0.496 e. The summed E-state index contributed by atoms with van der Waals surface area (Å²) in [6, 6.07) is 12.0. The summed E-state index contributed by atoms with van der Waals surface area (Å²) in [6.07, 6.45) is 0. The lowest BCUT2D eigenvalue weighted by molar-refractivity contribution is 0.318. The van der Waals surface area contributed by atoms with Crippen molar-refractivity contribution in [2.45, 2.75) is 10.6 Å². The third-order valence-corrected chi connectivity index (χ3v) is 3.95. The Morgan fingerprint density at radius 1 is 1.33 bits per heavy atom. The summed E-state index contributed by atoms with van der Waals surface area (Å²) in [5, 5.41) is 11.6. The number of ether oxygens (including phenoxy) is 1. The monoisotopic (exact) mass is 306 g/mol. The van der Waals surface area contributed by atoms with E-state index in [-0.39, 0.29) is 5.84 Å². The van der Waals surface area contributed by atoms with Crippen molar-refractivity contribution in [3.8, 4) is 5.75 Å². The van der Waals surface area contributed by atoms with Gasteiger partial charge in [0.1, 0.15) is 11.6 Å². The number of rotatable bonds is 5. The molecule has 6 heteroatoms. The van der Waals surface area contributed by atoms with Crippen molar-refractivity contribution in [3.63, 3.8) is 0 Å². The number of oxime groups is 1. The Morgan fingerprint density at radius 2 is 2.10 bits per heavy atom. The van der Waals surface area contributed by atoms with Gasteiger partial charge in [-0.3, -0.25) is 0 Å². The number of hydrogen-bond acceptors (Lipinski definition) is 4. The van der Waals surface area contributed by atoms with Crippen LogP contribution in [0.2, 0.25) is 0 Å². The van der Waals surface area contributed by atoms with Gasteiger partial charge in [0.2, 0.25) is 0 Å². The molecule has 0 amide bonds. The molecule has 2 aromatic carbocycles. The van der Waals surface area contributed by atoms with E-state index in [9.17, 15) is 4.39 Å². The topological polar surface area (TPSA) is 67.8 Å². The molecule has 110 valence electrons. The molecule has 0 aliphatic heterocycles. The van der Waals surface area contributed by atoms with E-state index in [0.29, 0.717) is 11.3 Å². The van der Waals surface area contributed by atoms with Gasteiger partial charge in [0, 0.05) is 16.2 Å². The molecule has 0 heterocycles. The molecule has 0 aliphatic rings. The van der Waals surface area contributed by atoms with Crippen molar-refractivity contribution in [2.24, 2.45) is 10.9 Å². The van der Waals surface area contributed by atoms with Gasteiger partial charge in [-0.1, -0.05) is 17.3 Å². The van der Waals surface area contributed by atoms with Crippen LogP contribution in [0.5, 0.6) is 5.75 Å². The van der Waals surface area contributed by atoms with Gasteiger partial charge in [-0.05, 0) is 35.9 Å². The third kappa shape index (κ3) is 3.88. The van der Waals surface area contributed by atoms with Crippen molar-refractivity contribution in [2.75, 3.05) is 7.11 Å². The second kappa shape index (κ2) is 6.99. The van der Waals surface area contributed by atoms with E-state index < -0.39 is 5.82 Å². The number of hydrogen-bond donors (Lipinski definition) is 2. The van der Waals surface area contributed by atoms with Crippen molar-refractivity contribution >= 4 is 17.6 Å². The number of nitrogens with two attached hydrogens (primary N) is 1. The minimum atomic E-state index is -0.422. The predicted octanol–water partition coefficient (Wildman–Crippen LogP) is 3.22. The second-order valence-electron chi connectivity index (χ2n) is 4.27. The molecule has 0 saturated carbocycles. The van der Waals surface area contributed by atoms with E-state index in [2.05, 4.69) is 5.16 Å². The molecule has 21 heavy (non-hydrogen) atoms. The summed E-state index contributed by atoms with van der Waals surface area (Å²) >= 11 is 1.53. The minimum Gasteiger partial charge on any atom is -0.496 e. The van der Waals surface area contributed by atoms with Gasteiger partial charge in [0.15, 0.2) is 5.84 Å². The summed E-state index contributed by atoms with van der Waals surface area (Å²) in [5.74, 6) is 0.785. The standard InChI is InChI=1S/C15H15FN2O2S/c1-20-13-4-2-3-5-14(13)21-9-10-6-11(15(17)18-19)8-12(16)7-10/h2-8,19H,9H2,1H3,(H2,17,18). The maximum Gasteiger partial charge on any atom is 0.170 e. The number of nitrogens with zero attached hydrogens (tertiary/aromatic N) is 1. The lowest BCUT2D eigenvalue weighted by Crippen LogP contribution is -2.13. The lowest BCUT2D eigenvalue weighted by atomic mass is 10.1. The van der Waals surface area contributed by atoms with E-state index >= 15 is 0 Å². The average Bonchev–Trinajstić information content (AvgIpc) is 2.51. The first-order valence-electron chi connectivity index (χ1n) is 6.17. The highest BCUT2D eigenvalue weighted by atomic mass is 32.2. The number of para-hydroxylation sites is 1. The number of benzene rings is 2. The fourth-order valence-electron chi connectivity index (χ4n) is 1.84. The van der Waals surface area contributed by atoms with Gasteiger partial charge >= 0.3 is 0 Å². The molecule has 2 rings (SSSR count). The van der Waals surface area contributed by atoms with Crippen molar-refractivity contribution in [1.29, 1.82) is 0 Å². The third-order valence-electron chi connectivity index (χ3n) is 2.82. The first-order chi connectivity index (χ1) is 10.1. The average molecular weight is 306 g/mol. The van der Waals surface area contributed by atoms with E-state index in [4.69, 9.17) is 15.7 Å². The fourth-order valence-corrected chi connectivity index (χ4v) is 2.80. The quantitative estimate of drug-likeness (QED) is 0.293. The molecule has 0 radical (unpaired) electrons. The van der Waals surface area contributed by atoms with Crippen LogP contribution >= 0.6 is 11.8 Å². The van der Waals surface area contributed by atoms with Crippen LogP contribution in [0.1, 0.15) is 11.1 Å². The molecular weight excluding hydrogens is 291 g/mol. The number of methoxy groups -OCH3 is 1. The summed E-state index contributed by atoms with van der Waals surface area (Å²) in [5.41, 5.74) is 6.59. The summed E-state index contributed by atoms with van der Waals surface area (Å²) < 4.78 is 18.8. The van der Waals surface area contributed by atoms with Crippen LogP contribution < -0.4 is 10.5 Å². The van der Waals surface area contributed by atoms with Crippen LogP contribution in [0.3, 0.4) is 0 Å². The van der Waals surface area contributed by atoms with Crippen LogP contribution in [0.15, 0.2) is 52.5 Å². The zero-order valence-electron chi connectivity index (χ0n) is 11.4. The Balaban J connectivity index is 2.18. The first kappa shape index (κ1) is 15.2. The van der Waals surface area contributed by atoms with Crippen molar-refractivity contribution in [1.82, 2.24) is 0 Å². The number of thioether (sulfide) groups is 1. The van der Waals surface area contributed by atoms with E-state index in [0.717, 1.165) is 16.2 Å². The van der Waals surface area contributed by atoms with Crippen molar-refractivity contribution < 1.29 is 14.3 Å². The van der Waals surface area contributed by atoms with E-state index in [1.807, 2.05) is 24.3 Å². The Morgan fingerprint density at radius 3 is 2.81 bits per heavy atom. The van der Waals surface area contributed by atoms with Gasteiger partial charge in [-0.25, -0.2) is 4.39 Å². The number of halogens is 1. The highest BCUT2D eigenvalue weighted by Crippen LogP contribution is 2.31. The normalized spacial score (nSPS) is 11.4. The smallest absolute Gasteiger partial charge is 0.170 e. The van der Waals surface area contributed by atoms with Crippen LogP contribution in [0.25, 0.3) is 0 Å². The minimum absolute atomic E-state index is 0.113. The predicted molar refractivity (Wildman–Crippen MR) is 81.5 cm³/mol. The van der Waals surface area contributed by atoms with Crippen molar-refractivity contribution in [3.05, 3.63) is 59.4 Å². The SMILES string of the molecule is COc1ccccc1SCc1cc(F)cc(/C(N)=N/O)c1. The molecule has 4 nitrogen and oxygen atoms in total. The van der Waals surface area contributed by atoms with Gasteiger partial charge in [0.25, 0.3) is 0 Å². The summed E-state index contributed by atoms with van der Waals surface area (Å²) in [7, 11) is 1.61. The van der Waals surface area contributed by atoms with Crippen LogP contribution in [0, 0.1) is 5.82 Å². The molecule has 0 saturated heterocycles. The maximum atomic E-state index is 13.6. The van der Waals surface area contributed by atoms with Gasteiger partial charge in [-0.2, -0.15) is 0 Å². The highest BCUT2D eigenvalue weighted by Gasteiger charge is 2.07. The highest BCUT2D eigenvalue weighted by molar-refractivity contribution is 7.98. The molecule has 0 aromatic heterocycles. The molecule has 0 atom stereocenters. The molecule has 3 N–H and O–H groups in total. The molecule has 0 spiro atoms. The first-order valence-corrected chi connectivity index (χ1v) is 7.15. The van der Waals surface area contributed by atoms with E-state index in [1.54, 1.807) is 13.2 Å². The molecular formula is C15H15FN2O2S. The van der Waals surface area contributed by atoms with Crippen LogP contribution in [-0.4, -0.2) is 18.2 Å². The molecule has 0 bridgehead atoms. The molecule has 0 unspecified atom stereocenters. The Kier molecular flexibility index (Phi) is 5.05. The summed E-state index contributed by atoms with van der Waals surface area (Å²) in [6.45, 7) is 0. The lowest BCUT2D eigenvalue weighted by Gasteiger charge is -2.08. The molecule has 0 fully saturated rings. The Hall–Kier alpha value is -2.21. The van der Waals surface area contributed by atoms with Gasteiger partial charge < -0.3 is 15.7 Å². The zero-order valence-corrected chi connectivity index (χ0v) is 12.2. The van der Waals surface area contributed by atoms with Gasteiger partial charge in [-0.15, -0.1) is 11.8 Å². The second-order valence-corrected chi connectivity index (χ2v) is 5.29. The fraction of sp³-hybridized carbons (Fsp3) is 0.133. The maximum absolute atomic E-state index is 13.6. The Bertz CT molecular complexity index is 662. The van der Waals surface area contributed by atoms with E-state index in [1.165, 1.54) is 23.9 Å². The Labute approximate surface area is 126 Å². The molecule has 2 aromatic rings. The van der Waals surface area contributed by atoms with Crippen LogP contribution in [-0.2, 0) is 5.75 Å². The van der Waals surface area contributed by atoms with Gasteiger partial charge in [0.05, 0.1) is 7.11 Å². The molecule has 0 aliphatic carbocycles. The summed E-state index contributed by atoms with van der Waals surface area (Å²) in [4.78, 5) is 0.967.